The van der Waals surface area contributed by atoms with Crippen molar-refractivity contribution in [1.82, 2.24) is 5.32 Å². The van der Waals surface area contributed by atoms with Crippen LogP contribution < -0.4 is 10.0 Å². The number of sulfonamides is 1. The number of amides is 1. The van der Waals surface area contributed by atoms with Crippen molar-refractivity contribution < 1.29 is 13.2 Å². The van der Waals surface area contributed by atoms with Crippen molar-refractivity contribution in [2.45, 2.75) is 11.8 Å². The van der Waals surface area contributed by atoms with Crippen LogP contribution in [0.1, 0.15) is 15.9 Å². The minimum absolute atomic E-state index is 0.0200. The number of nitrogens with one attached hydrogen (secondary N) is 2. The Hall–Kier alpha value is -2.05. The van der Waals surface area contributed by atoms with Crippen molar-refractivity contribution in [3.63, 3.8) is 0 Å². The molecule has 0 heterocycles. The molecule has 7 heteroatoms. The third-order valence-electron chi connectivity index (χ3n) is 3.09. The Kier molecular flexibility index (Phi) is 4.73. The van der Waals surface area contributed by atoms with Crippen molar-refractivity contribution in [2.75, 3.05) is 11.8 Å². The Morgan fingerprint density at radius 2 is 1.73 bits per heavy atom. The molecular formula is C15H15ClN2O3S. The van der Waals surface area contributed by atoms with E-state index in [4.69, 9.17) is 11.6 Å². The summed E-state index contributed by atoms with van der Waals surface area (Å²) in [7, 11) is -2.29. The van der Waals surface area contributed by atoms with E-state index in [9.17, 15) is 13.2 Å². The number of hydrogen-bond acceptors (Lipinski definition) is 3. The first-order chi connectivity index (χ1) is 10.3. The maximum Gasteiger partial charge on any atom is 0.261 e. The van der Waals surface area contributed by atoms with Crippen molar-refractivity contribution in [1.29, 1.82) is 0 Å². The molecule has 1 amide bonds. The number of benzene rings is 2. The quantitative estimate of drug-likeness (QED) is 0.900. The second-order valence-electron chi connectivity index (χ2n) is 4.67. The molecule has 0 saturated heterocycles. The average molecular weight is 339 g/mol. The van der Waals surface area contributed by atoms with E-state index in [-0.39, 0.29) is 10.8 Å². The molecule has 22 heavy (non-hydrogen) atoms. The van der Waals surface area contributed by atoms with Crippen LogP contribution in [0.5, 0.6) is 0 Å². The summed E-state index contributed by atoms with van der Waals surface area (Å²) in [5, 5.41) is 3.00. The molecule has 116 valence electrons. The van der Waals surface area contributed by atoms with Gasteiger partial charge in [0.25, 0.3) is 15.9 Å². The maximum absolute atomic E-state index is 12.4. The molecule has 5 nitrogen and oxygen atoms in total. The Morgan fingerprint density at radius 3 is 2.32 bits per heavy atom. The summed E-state index contributed by atoms with van der Waals surface area (Å²) >= 11 is 5.77. The zero-order chi connectivity index (χ0) is 16.3. The van der Waals surface area contributed by atoms with Crippen LogP contribution in [0.25, 0.3) is 0 Å². The molecule has 0 spiro atoms. The predicted molar refractivity (Wildman–Crippen MR) is 86.8 cm³/mol. The van der Waals surface area contributed by atoms with Crippen LogP contribution in [0.4, 0.5) is 5.69 Å². The zero-order valence-electron chi connectivity index (χ0n) is 12.1. The number of aryl methyl sites for hydroxylation is 1. The first-order valence-corrected chi connectivity index (χ1v) is 8.31. The van der Waals surface area contributed by atoms with E-state index < -0.39 is 10.0 Å². The van der Waals surface area contributed by atoms with Gasteiger partial charge in [-0.25, -0.2) is 8.42 Å². The lowest BCUT2D eigenvalue weighted by atomic mass is 10.1. The minimum Gasteiger partial charge on any atom is -0.355 e. The van der Waals surface area contributed by atoms with E-state index in [1.807, 2.05) is 0 Å². The smallest absolute Gasteiger partial charge is 0.261 e. The van der Waals surface area contributed by atoms with Gasteiger partial charge in [0.05, 0.1) is 4.90 Å². The molecule has 0 aliphatic heterocycles. The molecule has 0 radical (unpaired) electrons. The van der Waals surface area contributed by atoms with E-state index in [1.165, 1.54) is 19.2 Å². The molecule has 0 saturated carbocycles. The van der Waals surface area contributed by atoms with Gasteiger partial charge in [0.2, 0.25) is 0 Å². The lowest BCUT2D eigenvalue weighted by molar-refractivity contribution is 0.0962. The molecule has 0 aromatic heterocycles. The average Bonchev–Trinajstić information content (AvgIpc) is 2.49. The number of carbonyl (C=O) groups is 1. The molecule has 2 N–H and O–H groups in total. The summed E-state index contributed by atoms with van der Waals surface area (Å²) in [6.45, 7) is 1.74. The molecule has 2 aromatic rings. The topological polar surface area (TPSA) is 75.3 Å². The van der Waals surface area contributed by atoms with Crippen LogP contribution in [0.15, 0.2) is 47.4 Å². The molecule has 0 unspecified atom stereocenters. The molecule has 2 rings (SSSR count). The van der Waals surface area contributed by atoms with Crippen molar-refractivity contribution in [3.8, 4) is 0 Å². The van der Waals surface area contributed by atoms with Crippen LogP contribution >= 0.6 is 11.6 Å². The summed E-state index contributed by atoms with van der Waals surface area (Å²) in [6.07, 6.45) is 0. The fourth-order valence-electron chi connectivity index (χ4n) is 1.88. The molecule has 0 aliphatic carbocycles. The number of rotatable bonds is 4. The second-order valence-corrected chi connectivity index (χ2v) is 6.79. The van der Waals surface area contributed by atoms with E-state index in [1.54, 1.807) is 37.3 Å². The van der Waals surface area contributed by atoms with Gasteiger partial charge in [-0.3, -0.25) is 9.52 Å². The standard InChI is InChI=1S/C15H15ClN2O3S/c1-10-3-8-13(9-14(10)15(19)17-2)22(20,21)18-12-6-4-11(16)5-7-12/h3-9,18H,1-2H3,(H,17,19). The monoisotopic (exact) mass is 338 g/mol. The molecule has 0 fully saturated rings. The molecule has 0 aliphatic rings. The SMILES string of the molecule is CNC(=O)c1cc(S(=O)(=O)Nc2ccc(Cl)cc2)ccc1C. The van der Waals surface area contributed by atoms with Gasteiger partial charge in [0, 0.05) is 23.3 Å². The predicted octanol–water partition coefficient (Wildman–Crippen LogP) is 2.81. The summed E-state index contributed by atoms with van der Waals surface area (Å²) in [5.41, 5.74) is 1.41. The molecular weight excluding hydrogens is 324 g/mol. The molecule has 0 bridgehead atoms. The highest BCUT2D eigenvalue weighted by Crippen LogP contribution is 2.20. The van der Waals surface area contributed by atoms with Gasteiger partial charge in [0.1, 0.15) is 0 Å². The van der Waals surface area contributed by atoms with Crippen LogP contribution in [-0.4, -0.2) is 21.4 Å². The third-order valence-corrected chi connectivity index (χ3v) is 4.72. The fraction of sp³-hybridized carbons (Fsp3) is 0.133. The van der Waals surface area contributed by atoms with Gasteiger partial charge in [0.15, 0.2) is 0 Å². The number of carbonyl (C=O) groups excluding carboxylic acids is 1. The lowest BCUT2D eigenvalue weighted by Gasteiger charge is -2.11. The summed E-state index contributed by atoms with van der Waals surface area (Å²) < 4.78 is 27.2. The maximum atomic E-state index is 12.4. The molecule has 2 aromatic carbocycles. The first kappa shape index (κ1) is 16.3. The molecule has 0 atom stereocenters. The van der Waals surface area contributed by atoms with Gasteiger partial charge >= 0.3 is 0 Å². The Morgan fingerprint density at radius 1 is 1.09 bits per heavy atom. The summed E-state index contributed by atoms with van der Waals surface area (Å²) in [4.78, 5) is 11.8. The van der Waals surface area contributed by atoms with E-state index in [0.717, 1.165) is 0 Å². The van der Waals surface area contributed by atoms with Crippen molar-refractivity contribution in [2.24, 2.45) is 0 Å². The minimum atomic E-state index is -3.78. The van der Waals surface area contributed by atoms with Crippen molar-refractivity contribution >= 4 is 33.2 Å². The van der Waals surface area contributed by atoms with Gasteiger partial charge < -0.3 is 5.32 Å². The van der Waals surface area contributed by atoms with Crippen LogP contribution in [0.3, 0.4) is 0 Å². The number of halogens is 1. The van der Waals surface area contributed by atoms with Gasteiger partial charge in [-0.2, -0.15) is 0 Å². The highest BCUT2D eigenvalue weighted by molar-refractivity contribution is 7.92. The third kappa shape index (κ3) is 3.58. The number of hydrogen-bond donors (Lipinski definition) is 2. The van der Waals surface area contributed by atoms with Crippen LogP contribution in [0, 0.1) is 6.92 Å². The fourth-order valence-corrected chi connectivity index (χ4v) is 3.09. The number of anilines is 1. The van der Waals surface area contributed by atoms with Crippen LogP contribution in [0.2, 0.25) is 5.02 Å². The van der Waals surface area contributed by atoms with Crippen LogP contribution in [-0.2, 0) is 10.0 Å². The second kappa shape index (κ2) is 6.37. The highest BCUT2D eigenvalue weighted by atomic mass is 35.5. The lowest BCUT2D eigenvalue weighted by Crippen LogP contribution is -2.20. The van der Waals surface area contributed by atoms with Gasteiger partial charge in [-0.15, -0.1) is 0 Å². The summed E-state index contributed by atoms with van der Waals surface area (Å²) in [6, 6.07) is 10.7. The first-order valence-electron chi connectivity index (χ1n) is 6.44. The van der Waals surface area contributed by atoms with E-state index >= 15 is 0 Å². The highest BCUT2D eigenvalue weighted by Gasteiger charge is 2.17. The van der Waals surface area contributed by atoms with E-state index in [2.05, 4.69) is 10.0 Å². The Balaban J connectivity index is 2.37. The van der Waals surface area contributed by atoms with Crippen molar-refractivity contribution in [3.05, 3.63) is 58.6 Å². The van der Waals surface area contributed by atoms with Gasteiger partial charge in [-0.05, 0) is 48.9 Å². The Bertz CT molecular complexity index is 802. The normalized spacial score (nSPS) is 11.0. The zero-order valence-corrected chi connectivity index (χ0v) is 13.6. The van der Waals surface area contributed by atoms with Gasteiger partial charge in [-0.1, -0.05) is 17.7 Å². The van der Waals surface area contributed by atoms with E-state index in [0.29, 0.717) is 21.8 Å². The summed E-state index contributed by atoms with van der Waals surface area (Å²) in [5.74, 6) is -0.332. The Labute approximate surface area is 134 Å². The largest absolute Gasteiger partial charge is 0.355 e.